The molecule has 3 N–H and O–H groups in total. The van der Waals surface area contributed by atoms with E-state index in [-0.39, 0.29) is 43.0 Å². The highest BCUT2D eigenvalue weighted by molar-refractivity contribution is 7.18. The number of thiazole rings is 1. The summed E-state index contributed by atoms with van der Waals surface area (Å²) >= 11 is 1.51. The topological polar surface area (TPSA) is 131 Å². The highest BCUT2D eigenvalue weighted by Crippen LogP contribution is 2.29. The molecule has 0 saturated carbocycles. The second kappa shape index (κ2) is 12.7. The number of fused-ring (bicyclic) bond motifs is 1. The Hall–Kier alpha value is -3.57. The number of hydrogen-bond acceptors (Lipinski definition) is 8. The standard InChI is InChI=1S/C29H36N6O4S/c1-39-21-6-4-19(5-7-21)14-20-15-24(28(37)32-17-26-33-23-16-31-11-10-25(23)40-26)35(18-20)29(38)22(30)8-9-27(36)34-12-2-3-13-34/h4-7,10-11,16,20,22,24H,2-3,8-9,12-15,17-18,30H2,1H3,(H,32,37). The third-order valence-corrected chi connectivity index (χ3v) is 8.79. The highest BCUT2D eigenvalue weighted by atomic mass is 32.1. The lowest BCUT2D eigenvalue weighted by Gasteiger charge is -2.27. The maximum absolute atomic E-state index is 13.5. The SMILES string of the molecule is COc1ccc(CC2CC(C(=O)NCc3nc4cnccc4s3)N(C(=O)C(N)CCC(=O)N3CCCC3)C2)cc1. The van der Waals surface area contributed by atoms with Crippen LogP contribution in [-0.4, -0.2) is 76.3 Å². The van der Waals surface area contributed by atoms with Gasteiger partial charge in [-0.3, -0.25) is 19.4 Å². The summed E-state index contributed by atoms with van der Waals surface area (Å²) in [5, 5.41) is 3.77. The van der Waals surface area contributed by atoms with E-state index in [0.29, 0.717) is 13.0 Å². The van der Waals surface area contributed by atoms with Gasteiger partial charge in [-0.15, -0.1) is 11.3 Å². The van der Waals surface area contributed by atoms with Crippen molar-refractivity contribution in [2.45, 2.75) is 57.2 Å². The third kappa shape index (κ3) is 6.59. The molecular weight excluding hydrogens is 528 g/mol. The summed E-state index contributed by atoms with van der Waals surface area (Å²) in [6.45, 7) is 2.25. The van der Waals surface area contributed by atoms with Crippen molar-refractivity contribution in [1.29, 1.82) is 0 Å². The van der Waals surface area contributed by atoms with Crippen LogP contribution >= 0.6 is 11.3 Å². The average molecular weight is 565 g/mol. The van der Waals surface area contributed by atoms with Crippen LogP contribution in [0.1, 0.15) is 42.7 Å². The van der Waals surface area contributed by atoms with Crippen molar-refractivity contribution < 1.29 is 19.1 Å². The molecule has 2 saturated heterocycles. The average Bonchev–Trinajstić information content (AvgIpc) is 3.74. The largest absolute Gasteiger partial charge is 0.497 e. The van der Waals surface area contributed by atoms with Crippen LogP contribution < -0.4 is 15.8 Å². The van der Waals surface area contributed by atoms with Crippen molar-refractivity contribution in [2.24, 2.45) is 11.7 Å². The van der Waals surface area contributed by atoms with E-state index in [0.717, 1.165) is 58.9 Å². The number of ether oxygens (including phenoxy) is 1. The van der Waals surface area contributed by atoms with Crippen molar-refractivity contribution in [1.82, 2.24) is 25.1 Å². The zero-order valence-electron chi connectivity index (χ0n) is 22.8. The Morgan fingerprint density at radius 2 is 1.95 bits per heavy atom. The first-order valence-corrected chi connectivity index (χ1v) is 14.7. The van der Waals surface area contributed by atoms with E-state index in [2.05, 4.69) is 15.3 Å². The van der Waals surface area contributed by atoms with Crippen LogP contribution in [-0.2, 0) is 27.3 Å². The van der Waals surface area contributed by atoms with E-state index in [1.54, 1.807) is 24.4 Å². The molecule has 212 valence electrons. The molecule has 40 heavy (non-hydrogen) atoms. The molecule has 11 heteroatoms. The maximum atomic E-state index is 13.5. The predicted molar refractivity (Wildman–Crippen MR) is 153 cm³/mol. The lowest BCUT2D eigenvalue weighted by atomic mass is 9.96. The molecule has 3 unspecified atom stereocenters. The molecule has 0 radical (unpaired) electrons. The van der Waals surface area contributed by atoms with Crippen molar-refractivity contribution in [3.63, 3.8) is 0 Å². The smallest absolute Gasteiger partial charge is 0.243 e. The molecule has 2 aliphatic rings. The van der Waals surface area contributed by atoms with Crippen molar-refractivity contribution >= 4 is 39.3 Å². The number of hydrogen-bond donors (Lipinski definition) is 2. The number of methoxy groups -OCH3 is 1. The Balaban J connectivity index is 1.24. The van der Waals surface area contributed by atoms with E-state index in [9.17, 15) is 14.4 Å². The Morgan fingerprint density at radius 1 is 1.18 bits per heavy atom. The quantitative estimate of drug-likeness (QED) is 0.387. The lowest BCUT2D eigenvalue weighted by molar-refractivity contribution is -0.140. The molecule has 0 bridgehead atoms. The van der Waals surface area contributed by atoms with Gasteiger partial charge in [-0.25, -0.2) is 4.98 Å². The van der Waals surface area contributed by atoms with E-state index < -0.39 is 12.1 Å². The fourth-order valence-corrected chi connectivity index (χ4v) is 6.46. The number of nitrogens with one attached hydrogen (secondary N) is 1. The molecule has 0 spiro atoms. The molecule has 2 aromatic heterocycles. The molecular formula is C29H36N6O4S. The van der Waals surface area contributed by atoms with Crippen LogP contribution in [0.3, 0.4) is 0 Å². The summed E-state index contributed by atoms with van der Waals surface area (Å²) in [4.78, 5) is 51.6. The molecule has 3 amide bonds. The van der Waals surface area contributed by atoms with E-state index in [1.807, 2.05) is 35.2 Å². The van der Waals surface area contributed by atoms with Gasteiger partial charge in [0.15, 0.2) is 0 Å². The van der Waals surface area contributed by atoms with Crippen molar-refractivity contribution in [3.8, 4) is 5.75 Å². The van der Waals surface area contributed by atoms with E-state index in [4.69, 9.17) is 10.5 Å². The van der Waals surface area contributed by atoms with Gasteiger partial charge >= 0.3 is 0 Å². The Morgan fingerprint density at radius 3 is 2.67 bits per heavy atom. The van der Waals surface area contributed by atoms with Gasteiger partial charge < -0.3 is 25.6 Å². The Bertz CT molecular complexity index is 1310. The number of likely N-dealkylation sites (tertiary alicyclic amines) is 2. The molecule has 1 aromatic carbocycles. The van der Waals surface area contributed by atoms with Crippen LogP contribution in [0.5, 0.6) is 5.75 Å². The van der Waals surface area contributed by atoms with Crippen LogP contribution in [0.2, 0.25) is 0 Å². The number of aromatic nitrogens is 2. The number of pyridine rings is 1. The lowest BCUT2D eigenvalue weighted by Crippen LogP contribution is -2.51. The van der Waals surface area contributed by atoms with Crippen LogP contribution in [0, 0.1) is 5.92 Å². The van der Waals surface area contributed by atoms with Gasteiger partial charge in [-0.1, -0.05) is 12.1 Å². The van der Waals surface area contributed by atoms with Crippen LogP contribution in [0.4, 0.5) is 0 Å². The molecule has 5 rings (SSSR count). The molecule has 0 aliphatic carbocycles. The first-order chi connectivity index (χ1) is 19.4. The van der Waals surface area contributed by atoms with Gasteiger partial charge in [-0.2, -0.15) is 0 Å². The van der Waals surface area contributed by atoms with Crippen LogP contribution in [0.25, 0.3) is 10.2 Å². The fraction of sp³-hybridized carbons (Fsp3) is 0.483. The summed E-state index contributed by atoms with van der Waals surface area (Å²) in [5.41, 5.74) is 8.23. The zero-order valence-corrected chi connectivity index (χ0v) is 23.6. The summed E-state index contributed by atoms with van der Waals surface area (Å²) in [6.07, 6.45) is 7.22. The number of amides is 3. The number of nitrogens with zero attached hydrogens (tertiary/aromatic N) is 4. The van der Waals surface area contributed by atoms with Gasteiger partial charge in [0.1, 0.15) is 16.8 Å². The number of carbonyl (C=O) groups excluding carboxylic acids is 3. The maximum Gasteiger partial charge on any atom is 0.243 e. The molecule has 3 aromatic rings. The van der Waals surface area contributed by atoms with Gasteiger partial charge in [0.2, 0.25) is 17.7 Å². The number of nitrogens with two attached hydrogens (primary N) is 1. The fourth-order valence-electron chi connectivity index (χ4n) is 5.58. The second-order valence-electron chi connectivity index (χ2n) is 10.6. The van der Waals surface area contributed by atoms with Gasteiger partial charge in [-0.05, 0) is 61.8 Å². The van der Waals surface area contributed by atoms with E-state index >= 15 is 0 Å². The Labute approximate surface area is 237 Å². The van der Waals surface area contributed by atoms with Gasteiger partial charge in [0.25, 0.3) is 0 Å². The highest BCUT2D eigenvalue weighted by Gasteiger charge is 2.41. The summed E-state index contributed by atoms with van der Waals surface area (Å²) in [5.74, 6) is 0.421. The van der Waals surface area contributed by atoms with Crippen molar-refractivity contribution in [2.75, 3.05) is 26.7 Å². The predicted octanol–water partition coefficient (Wildman–Crippen LogP) is 2.51. The third-order valence-electron chi connectivity index (χ3n) is 7.75. The molecule has 3 atom stereocenters. The molecule has 2 aliphatic heterocycles. The monoisotopic (exact) mass is 564 g/mol. The number of rotatable bonds is 10. The number of benzene rings is 1. The summed E-state index contributed by atoms with van der Waals surface area (Å²) in [7, 11) is 1.63. The van der Waals surface area contributed by atoms with E-state index in [1.165, 1.54) is 11.3 Å². The second-order valence-corrected chi connectivity index (χ2v) is 11.7. The number of carbonyl (C=O) groups is 3. The Kier molecular flexibility index (Phi) is 8.91. The van der Waals surface area contributed by atoms with Crippen LogP contribution in [0.15, 0.2) is 42.7 Å². The first kappa shape index (κ1) is 28.0. The minimum Gasteiger partial charge on any atom is -0.497 e. The molecule has 2 fully saturated rings. The molecule has 10 nitrogen and oxygen atoms in total. The summed E-state index contributed by atoms with van der Waals surface area (Å²) < 4.78 is 6.27. The molecule has 4 heterocycles. The van der Waals surface area contributed by atoms with Crippen molar-refractivity contribution in [3.05, 3.63) is 53.3 Å². The first-order valence-electron chi connectivity index (χ1n) is 13.8. The minimum atomic E-state index is -0.835. The summed E-state index contributed by atoms with van der Waals surface area (Å²) in [6, 6.07) is 8.28. The van der Waals surface area contributed by atoms with Gasteiger partial charge in [0.05, 0.1) is 36.1 Å². The minimum absolute atomic E-state index is 0.0416. The normalized spacial score (nSPS) is 19.6. The zero-order chi connectivity index (χ0) is 28.1. The van der Waals surface area contributed by atoms with Gasteiger partial charge in [0, 0.05) is 32.3 Å².